The number of aryl methyl sites for hydroxylation is 1. The smallest absolute Gasteiger partial charge is 0.287 e. The van der Waals surface area contributed by atoms with Crippen LogP contribution < -0.4 is 10.1 Å². The molecule has 0 atom stereocenters. The van der Waals surface area contributed by atoms with E-state index in [0.29, 0.717) is 53.8 Å². The quantitative estimate of drug-likeness (QED) is 0.815. The Morgan fingerprint density at radius 1 is 1.21 bits per heavy atom. The summed E-state index contributed by atoms with van der Waals surface area (Å²) in [5.74, 6) is 1.22. The van der Waals surface area contributed by atoms with Crippen LogP contribution in [0.15, 0.2) is 34.7 Å². The normalized spacial score (nSPS) is 15.0. The Kier molecular flexibility index (Phi) is 6.29. The molecule has 2 heterocycles. The Hall–Kier alpha value is -2.47. The number of likely N-dealkylation sites (tertiary alicyclic amines) is 1. The molecule has 1 aromatic carbocycles. The van der Waals surface area contributed by atoms with Gasteiger partial charge in [-0.25, -0.2) is 0 Å². The molecule has 0 spiro atoms. The Morgan fingerprint density at radius 2 is 1.93 bits per heavy atom. The van der Waals surface area contributed by atoms with Crippen LogP contribution in [-0.4, -0.2) is 41.9 Å². The predicted octanol–water partition coefficient (Wildman–Crippen LogP) is 4.06. The van der Waals surface area contributed by atoms with Crippen molar-refractivity contribution in [3.05, 3.63) is 52.4 Å². The summed E-state index contributed by atoms with van der Waals surface area (Å²) in [4.78, 5) is 27.0. The largest absolute Gasteiger partial charge is 0.490 e. The highest BCUT2D eigenvalue weighted by Crippen LogP contribution is 2.26. The van der Waals surface area contributed by atoms with Crippen LogP contribution in [-0.2, 0) is 0 Å². The zero-order valence-electron chi connectivity index (χ0n) is 16.3. The first-order valence-corrected chi connectivity index (χ1v) is 9.84. The Balaban J connectivity index is 1.61. The van der Waals surface area contributed by atoms with Crippen LogP contribution in [0.1, 0.15) is 53.4 Å². The molecule has 3 rings (SSSR count). The van der Waals surface area contributed by atoms with Crippen LogP contribution in [0, 0.1) is 6.92 Å². The minimum Gasteiger partial charge on any atom is -0.490 e. The van der Waals surface area contributed by atoms with Gasteiger partial charge >= 0.3 is 0 Å². The average Bonchev–Trinajstić information content (AvgIpc) is 3.09. The van der Waals surface area contributed by atoms with Crippen LogP contribution in [0.5, 0.6) is 5.75 Å². The maximum Gasteiger partial charge on any atom is 0.287 e. The highest BCUT2D eigenvalue weighted by atomic mass is 35.5. The molecule has 28 heavy (non-hydrogen) atoms. The Morgan fingerprint density at radius 3 is 2.54 bits per heavy atom. The summed E-state index contributed by atoms with van der Waals surface area (Å²) in [6.07, 6.45) is 1.31. The lowest BCUT2D eigenvalue weighted by atomic mass is 10.0. The Bertz CT molecular complexity index is 854. The number of rotatable bonds is 5. The summed E-state index contributed by atoms with van der Waals surface area (Å²) in [6, 6.07) is 8.53. The molecule has 0 radical (unpaired) electrons. The van der Waals surface area contributed by atoms with Gasteiger partial charge in [-0.15, -0.1) is 0 Å². The van der Waals surface area contributed by atoms with E-state index in [0.717, 1.165) is 0 Å². The van der Waals surface area contributed by atoms with Gasteiger partial charge in [0.05, 0.1) is 11.7 Å². The van der Waals surface area contributed by atoms with Crippen molar-refractivity contribution in [1.82, 2.24) is 10.2 Å². The van der Waals surface area contributed by atoms with Crippen LogP contribution in [0.4, 0.5) is 0 Å². The van der Waals surface area contributed by atoms with E-state index in [1.54, 1.807) is 42.2 Å². The summed E-state index contributed by atoms with van der Waals surface area (Å²) in [7, 11) is 0. The van der Waals surface area contributed by atoms with Crippen LogP contribution in [0.25, 0.3) is 0 Å². The summed E-state index contributed by atoms with van der Waals surface area (Å²) >= 11 is 6.09. The number of furan rings is 1. The fraction of sp³-hybridized carbons (Fsp3) is 0.429. The predicted molar refractivity (Wildman–Crippen MR) is 107 cm³/mol. The van der Waals surface area contributed by atoms with E-state index in [1.807, 2.05) is 13.8 Å². The first-order chi connectivity index (χ1) is 13.3. The zero-order valence-corrected chi connectivity index (χ0v) is 17.1. The van der Waals surface area contributed by atoms with Gasteiger partial charge in [-0.1, -0.05) is 11.6 Å². The lowest BCUT2D eigenvalue weighted by Crippen LogP contribution is -2.46. The number of ether oxygens (including phenoxy) is 1. The van der Waals surface area contributed by atoms with E-state index in [9.17, 15) is 9.59 Å². The maximum atomic E-state index is 13.0. The number of carbonyl (C=O) groups is 2. The fourth-order valence-corrected chi connectivity index (χ4v) is 3.41. The summed E-state index contributed by atoms with van der Waals surface area (Å²) < 4.78 is 11.1. The Labute approximate surface area is 169 Å². The number of benzene rings is 1. The van der Waals surface area contributed by atoms with Crippen molar-refractivity contribution in [3.8, 4) is 5.75 Å². The van der Waals surface area contributed by atoms with E-state index >= 15 is 0 Å². The van der Waals surface area contributed by atoms with Gasteiger partial charge in [0.1, 0.15) is 11.5 Å². The molecular weight excluding hydrogens is 380 g/mol. The van der Waals surface area contributed by atoms with Crippen molar-refractivity contribution in [3.63, 3.8) is 0 Å². The van der Waals surface area contributed by atoms with E-state index < -0.39 is 0 Å². The second-order valence-corrected chi connectivity index (χ2v) is 7.69. The monoisotopic (exact) mass is 404 g/mol. The number of nitrogens with one attached hydrogen (secondary N) is 1. The lowest BCUT2D eigenvalue weighted by Gasteiger charge is -2.32. The number of hydrogen-bond donors (Lipinski definition) is 1. The number of nitrogens with zero attached hydrogens (tertiary/aromatic N) is 1. The number of carbonyl (C=O) groups excluding carboxylic acids is 2. The van der Waals surface area contributed by atoms with Crippen molar-refractivity contribution in [1.29, 1.82) is 0 Å². The molecule has 1 saturated heterocycles. The van der Waals surface area contributed by atoms with Crippen molar-refractivity contribution < 1.29 is 18.7 Å². The van der Waals surface area contributed by atoms with Crippen molar-refractivity contribution in [2.75, 3.05) is 13.1 Å². The van der Waals surface area contributed by atoms with Crippen LogP contribution in [0.2, 0.25) is 5.02 Å². The third-order valence-corrected chi connectivity index (χ3v) is 4.85. The molecular formula is C21H25ClN2O4. The number of piperidine rings is 1. The molecule has 1 aliphatic rings. The molecule has 0 aliphatic carbocycles. The average molecular weight is 405 g/mol. The summed E-state index contributed by atoms with van der Waals surface area (Å²) in [6.45, 7) is 6.73. The maximum absolute atomic E-state index is 13.0. The fourth-order valence-electron chi connectivity index (χ4n) is 3.24. The number of hydrogen-bond acceptors (Lipinski definition) is 4. The van der Waals surface area contributed by atoms with Crippen LogP contribution >= 0.6 is 11.6 Å². The molecule has 0 bridgehead atoms. The molecule has 0 unspecified atom stereocenters. The third-order valence-electron chi connectivity index (χ3n) is 4.62. The van der Waals surface area contributed by atoms with Crippen LogP contribution in [0.3, 0.4) is 0 Å². The second-order valence-electron chi connectivity index (χ2n) is 7.26. The third kappa shape index (κ3) is 4.87. The molecule has 150 valence electrons. The topological polar surface area (TPSA) is 71.8 Å². The highest BCUT2D eigenvalue weighted by molar-refractivity contribution is 6.31. The van der Waals surface area contributed by atoms with Gasteiger partial charge in [0.15, 0.2) is 5.76 Å². The van der Waals surface area contributed by atoms with E-state index in [1.165, 1.54) is 0 Å². The second kappa shape index (κ2) is 8.69. The molecule has 2 aromatic rings. The molecule has 1 fully saturated rings. The van der Waals surface area contributed by atoms with Crippen molar-refractivity contribution in [2.24, 2.45) is 0 Å². The van der Waals surface area contributed by atoms with Gasteiger partial charge in [-0.2, -0.15) is 0 Å². The minimum atomic E-state index is -0.222. The van der Waals surface area contributed by atoms with Gasteiger partial charge in [0.25, 0.3) is 11.8 Å². The van der Waals surface area contributed by atoms with E-state index in [2.05, 4.69) is 5.32 Å². The van der Waals surface area contributed by atoms with E-state index in [-0.39, 0.29) is 24.0 Å². The molecule has 7 heteroatoms. The molecule has 1 N–H and O–H groups in total. The van der Waals surface area contributed by atoms with Gasteiger partial charge < -0.3 is 19.4 Å². The van der Waals surface area contributed by atoms with Crippen molar-refractivity contribution >= 4 is 23.4 Å². The summed E-state index contributed by atoms with van der Waals surface area (Å²) in [5.41, 5.74) is 0.467. The molecule has 1 aliphatic heterocycles. The zero-order chi connectivity index (χ0) is 20.3. The summed E-state index contributed by atoms with van der Waals surface area (Å²) in [5, 5.41) is 3.47. The first-order valence-electron chi connectivity index (χ1n) is 9.46. The SMILES string of the molecule is Cc1ccc(C(=O)NC2CCN(C(=O)c3cc(Cl)ccc3OC(C)C)CC2)o1. The number of halogens is 1. The molecule has 0 saturated carbocycles. The lowest BCUT2D eigenvalue weighted by molar-refractivity contribution is 0.0690. The van der Waals surface area contributed by atoms with Crippen molar-refractivity contribution in [2.45, 2.75) is 45.8 Å². The first kappa shape index (κ1) is 20.3. The van der Waals surface area contributed by atoms with E-state index in [4.69, 9.17) is 20.8 Å². The van der Waals surface area contributed by atoms with Gasteiger partial charge in [-0.05, 0) is 63.9 Å². The number of amides is 2. The standard InChI is InChI=1S/C21H25ClN2O4/c1-13(2)27-18-7-5-15(22)12-17(18)21(26)24-10-8-16(9-11-24)23-20(25)19-6-4-14(3)28-19/h4-7,12-13,16H,8-11H2,1-3H3,(H,23,25). The van der Waals surface area contributed by atoms with Gasteiger partial charge in [0.2, 0.25) is 0 Å². The molecule has 1 aromatic heterocycles. The minimum absolute atomic E-state index is 0.00713. The molecule has 2 amide bonds. The van der Waals surface area contributed by atoms with Gasteiger partial charge in [0, 0.05) is 24.2 Å². The van der Waals surface area contributed by atoms with Gasteiger partial charge in [-0.3, -0.25) is 9.59 Å². The highest BCUT2D eigenvalue weighted by Gasteiger charge is 2.27. The molecule has 6 nitrogen and oxygen atoms in total.